The zero-order valence-corrected chi connectivity index (χ0v) is 17.2. The van der Waals surface area contributed by atoms with Gasteiger partial charge >= 0.3 is 0 Å². The van der Waals surface area contributed by atoms with Gasteiger partial charge in [-0.2, -0.15) is 0 Å². The zero-order valence-electron chi connectivity index (χ0n) is 15.6. The maximum absolute atomic E-state index is 13.3. The summed E-state index contributed by atoms with van der Waals surface area (Å²) in [6.07, 6.45) is 0. The number of benzene rings is 3. The van der Waals surface area contributed by atoms with Crippen LogP contribution in [0.2, 0.25) is 5.02 Å². The number of fused-ring (bicyclic) bond motifs is 1. The van der Waals surface area contributed by atoms with Crippen molar-refractivity contribution in [2.75, 3.05) is 5.32 Å². The van der Waals surface area contributed by atoms with Crippen LogP contribution in [0.15, 0.2) is 82.7 Å². The molecule has 4 aromatic rings. The van der Waals surface area contributed by atoms with Gasteiger partial charge in [0.25, 0.3) is 0 Å². The van der Waals surface area contributed by atoms with Crippen LogP contribution in [0.4, 0.5) is 5.82 Å². The van der Waals surface area contributed by atoms with Crippen molar-refractivity contribution in [2.24, 2.45) is 0 Å². The molecule has 146 valence electrons. The molecule has 29 heavy (non-hydrogen) atoms. The maximum Gasteiger partial charge on any atom is 0.227 e. The number of hydrogen-bond donors (Lipinski definition) is 1. The average Bonchev–Trinajstić information content (AvgIpc) is 2.73. The van der Waals surface area contributed by atoms with Crippen molar-refractivity contribution in [3.05, 3.63) is 88.9 Å². The van der Waals surface area contributed by atoms with E-state index in [1.54, 1.807) is 48.5 Å². The van der Waals surface area contributed by atoms with Gasteiger partial charge in [-0.1, -0.05) is 59.6 Å². The van der Waals surface area contributed by atoms with Gasteiger partial charge in [0.15, 0.2) is 5.82 Å². The lowest BCUT2D eigenvalue weighted by molar-refractivity contribution is 0.592. The first-order chi connectivity index (χ1) is 13.9. The van der Waals surface area contributed by atoms with Crippen molar-refractivity contribution >= 4 is 38.3 Å². The van der Waals surface area contributed by atoms with E-state index >= 15 is 0 Å². The highest BCUT2D eigenvalue weighted by Crippen LogP contribution is 2.28. The fourth-order valence-electron chi connectivity index (χ4n) is 2.94. The Morgan fingerprint density at radius 2 is 1.48 bits per heavy atom. The summed E-state index contributed by atoms with van der Waals surface area (Å²) in [5, 5.41) is 3.60. The van der Waals surface area contributed by atoms with Gasteiger partial charge in [-0.05, 0) is 42.8 Å². The molecule has 0 fully saturated rings. The second-order valence-corrected chi connectivity index (χ2v) is 8.90. The summed E-state index contributed by atoms with van der Waals surface area (Å²) in [6, 6.07) is 21.2. The lowest BCUT2D eigenvalue weighted by atomic mass is 10.2. The number of sulfone groups is 1. The first kappa shape index (κ1) is 19.4. The normalized spacial score (nSPS) is 11.5. The Balaban J connectivity index is 1.82. The molecule has 0 amide bonds. The summed E-state index contributed by atoms with van der Waals surface area (Å²) in [5.41, 5.74) is 2.94. The SMILES string of the molecule is Cc1ccc(S(=O)(=O)c2nc3ccccc3nc2NCc2ccccc2Cl)cc1. The molecule has 0 bridgehead atoms. The summed E-state index contributed by atoms with van der Waals surface area (Å²) in [7, 11) is -3.86. The highest BCUT2D eigenvalue weighted by molar-refractivity contribution is 7.91. The van der Waals surface area contributed by atoms with Gasteiger partial charge in [0.2, 0.25) is 14.9 Å². The van der Waals surface area contributed by atoms with Crippen LogP contribution in [0.1, 0.15) is 11.1 Å². The molecule has 3 aromatic carbocycles. The van der Waals surface area contributed by atoms with Crippen molar-refractivity contribution in [3.8, 4) is 0 Å². The second-order valence-electron chi connectivity index (χ2n) is 6.63. The molecule has 0 aliphatic heterocycles. The van der Waals surface area contributed by atoms with Gasteiger partial charge in [-0.3, -0.25) is 0 Å². The summed E-state index contributed by atoms with van der Waals surface area (Å²) in [4.78, 5) is 9.14. The average molecular weight is 424 g/mol. The van der Waals surface area contributed by atoms with Crippen LogP contribution in [-0.4, -0.2) is 18.4 Å². The number of aromatic nitrogens is 2. The molecule has 0 saturated carbocycles. The predicted molar refractivity (Wildman–Crippen MR) is 115 cm³/mol. The first-order valence-electron chi connectivity index (χ1n) is 9.01. The summed E-state index contributed by atoms with van der Waals surface area (Å²) in [5.74, 6) is 0.198. The topological polar surface area (TPSA) is 72.0 Å². The number of anilines is 1. The summed E-state index contributed by atoms with van der Waals surface area (Å²) < 4.78 is 26.6. The molecular formula is C22H18ClN3O2S. The Labute approximate surface area is 174 Å². The zero-order chi connectivity index (χ0) is 20.4. The van der Waals surface area contributed by atoms with Crippen molar-refractivity contribution < 1.29 is 8.42 Å². The Bertz CT molecular complexity index is 1290. The van der Waals surface area contributed by atoms with E-state index in [1.165, 1.54) is 0 Å². The molecule has 0 aliphatic rings. The molecule has 0 radical (unpaired) electrons. The Kier molecular flexibility index (Phi) is 5.22. The minimum Gasteiger partial charge on any atom is -0.364 e. The molecule has 0 unspecified atom stereocenters. The molecular weight excluding hydrogens is 406 g/mol. The summed E-state index contributed by atoms with van der Waals surface area (Å²) >= 11 is 6.23. The first-order valence-corrected chi connectivity index (χ1v) is 10.9. The van der Waals surface area contributed by atoms with E-state index in [9.17, 15) is 8.42 Å². The molecule has 0 aliphatic carbocycles. The Morgan fingerprint density at radius 1 is 0.862 bits per heavy atom. The van der Waals surface area contributed by atoms with E-state index in [2.05, 4.69) is 15.3 Å². The van der Waals surface area contributed by atoms with E-state index in [4.69, 9.17) is 11.6 Å². The van der Waals surface area contributed by atoms with Crippen molar-refractivity contribution in [2.45, 2.75) is 23.4 Å². The third-order valence-electron chi connectivity index (χ3n) is 4.53. The van der Waals surface area contributed by atoms with Crippen molar-refractivity contribution in [1.29, 1.82) is 0 Å². The summed E-state index contributed by atoms with van der Waals surface area (Å²) in [6.45, 7) is 2.23. The Hall–Kier alpha value is -2.96. The van der Waals surface area contributed by atoms with Crippen LogP contribution in [0, 0.1) is 6.92 Å². The van der Waals surface area contributed by atoms with Gasteiger partial charge in [-0.15, -0.1) is 0 Å². The number of aryl methyl sites for hydroxylation is 1. The van der Waals surface area contributed by atoms with Gasteiger partial charge in [0.1, 0.15) is 0 Å². The van der Waals surface area contributed by atoms with E-state index in [-0.39, 0.29) is 15.7 Å². The van der Waals surface area contributed by atoms with Crippen LogP contribution in [0.25, 0.3) is 11.0 Å². The molecule has 7 heteroatoms. The van der Waals surface area contributed by atoms with Gasteiger partial charge in [0.05, 0.1) is 15.9 Å². The van der Waals surface area contributed by atoms with Crippen LogP contribution < -0.4 is 5.32 Å². The Morgan fingerprint density at radius 3 is 2.17 bits per heavy atom. The predicted octanol–water partition coefficient (Wildman–Crippen LogP) is 5.04. The smallest absolute Gasteiger partial charge is 0.227 e. The number of para-hydroxylation sites is 2. The highest BCUT2D eigenvalue weighted by atomic mass is 35.5. The van der Waals surface area contributed by atoms with Crippen molar-refractivity contribution in [3.63, 3.8) is 0 Å². The monoisotopic (exact) mass is 423 g/mol. The van der Waals surface area contributed by atoms with Gasteiger partial charge in [0, 0.05) is 11.6 Å². The van der Waals surface area contributed by atoms with E-state index < -0.39 is 9.84 Å². The standard InChI is InChI=1S/C22H18ClN3O2S/c1-15-10-12-17(13-11-15)29(27,28)22-21(24-14-16-6-2-3-7-18(16)23)25-19-8-4-5-9-20(19)26-22/h2-13H,14H2,1H3,(H,24,25). The largest absolute Gasteiger partial charge is 0.364 e. The number of nitrogens with one attached hydrogen (secondary N) is 1. The third-order valence-corrected chi connectivity index (χ3v) is 6.58. The van der Waals surface area contributed by atoms with E-state index in [0.29, 0.717) is 22.6 Å². The third kappa shape index (κ3) is 3.95. The van der Waals surface area contributed by atoms with Crippen LogP contribution >= 0.6 is 11.6 Å². The molecule has 1 N–H and O–H groups in total. The molecule has 0 atom stereocenters. The maximum atomic E-state index is 13.3. The molecule has 0 spiro atoms. The lowest BCUT2D eigenvalue weighted by Gasteiger charge is -2.13. The molecule has 1 heterocycles. The second kappa shape index (κ2) is 7.81. The van der Waals surface area contributed by atoms with Crippen LogP contribution in [0.3, 0.4) is 0 Å². The number of hydrogen-bond acceptors (Lipinski definition) is 5. The van der Waals surface area contributed by atoms with Crippen LogP contribution in [0.5, 0.6) is 0 Å². The number of nitrogens with zero attached hydrogens (tertiary/aromatic N) is 2. The van der Waals surface area contributed by atoms with Crippen molar-refractivity contribution in [1.82, 2.24) is 9.97 Å². The number of rotatable bonds is 5. The van der Waals surface area contributed by atoms with E-state index in [0.717, 1.165) is 11.1 Å². The molecule has 5 nitrogen and oxygen atoms in total. The highest BCUT2D eigenvalue weighted by Gasteiger charge is 2.25. The molecule has 1 aromatic heterocycles. The molecule has 0 saturated heterocycles. The van der Waals surface area contributed by atoms with Gasteiger partial charge < -0.3 is 5.32 Å². The molecule has 4 rings (SSSR count). The van der Waals surface area contributed by atoms with Gasteiger partial charge in [-0.25, -0.2) is 18.4 Å². The van der Waals surface area contributed by atoms with E-state index in [1.807, 2.05) is 31.2 Å². The lowest BCUT2D eigenvalue weighted by Crippen LogP contribution is -2.12. The number of halogens is 1. The fourth-order valence-corrected chi connectivity index (χ4v) is 4.45. The fraction of sp³-hybridized carbons (Fsp3) is 0.0909. The van der Waals surface area contributed by atoms with Crippen LogP contribution in [-0.2, 0) is 16.4 Å². The minimum absolute atomic E-state index is 0.105. The quantitative estimate of drug-likeness (QED) is 0.487. The minimum atomic E-state index is -3.86.